The molecule has 0 radical (unpaired) electrons. The first-order valence-electron chi connectivity index (χ1n) is 6.19. The third-order valence-electron chi connectivity index (χ3n) is 3.56. The van der Waals surface area contributed by atoms with Crippen LogP contribution in [0, 0.1) is 11.2 Å². The maximum atomic E-state index is 13.0. The number of sulfonamides is 1. The fourth-order valence-corrected chi connectivity index (χ4v) is 2.86. The quantitative estimate of drug-likeness (QED) is 0.791. The zero-order valence-electron chi connectivity index (χ0n) is 11.2. The Morgan fingerprint density at radius 1 is 1.37 bits per heavy atom. The maximum absolute atomic E-state index is 13.0. The molecule has 1 aromatic rings. The Bertz CT molecular complexity index is 507. The average Bonchev–Trinajstić information content (AvgIpc) is 2.41. The first-order valence-corrected chi connectivity index (χ1v) is 7.68. The summed E-state index contributed by atoms with van der Waals surface area (Å²) in [5.74, 6) is -0.682. The molecule has 108 valence electrons. The van der Waals surface area contributed by atoms with Crippen LogP contribution in [0.3, 0.4) is 0 Å². The standard InChI is InChI=1S/C12H20FN3O2S/c1-3-12(4-2,8-14)9-16-19(17,18)11-5-10(13)6-15-7-11/h5-7,16H,3-4,8-9,14H2,1-2H3. The van der Waals surface area contributed by atoms with Crippen molar-refractivity contribution in [3.8, 4) is 0 Å². The Morgan fingerprint density at radius 3 is 2.47 bits per heavy atom. The van der Waals surface area contributed by atoms with E-state index in [1.807, 2.05) is 13.8 Å². The molecule has 7 heteroatoms. The highest BCUT2D eigenvalue weighted by atomic mass is 32.2. The molecule has 1 aromatic heterocycles. The van der Waals surface area contributed by atoms with E-state index in [2.05, 4.69) is 9.71 Å². The first kappa shape index (κ1) is 16.0. The second-order valence-corrected chi connectivity index (χ2v) is 6.34. The van der Waals surface area contributed by atoms with E-state index in [9.17, 15) is 12.8 Å². The maximum Gasteiger partial charge on any atom is 0.242 e. The summed E-state index contributed by atoms with van der Waals surface area (Å²) in [6.07, 6.45) is 3.61. The van der Waals surface area contributed by atoms with E-state index >= 15 is 0 Å². The summed E-state index contributed by atoms with van der Waals surface area (Å²) in [6.45, 7) is 4.56. The molecule has 3 N–H and O–H groups in total. The lowest BCUT2D eigenvalue weighted by atomic mass is 9.83. The molecule has 0 aliphatic carbocycles. The van der Waals surface area contributed by atoms with Gasteiger partial charge >= 0.3 is 0 Å². The minimum absolute atomic E-state index is 0.175. The highest BCUT2D eigenvalue weighted by Gasteiger charge is 2.27. The van der Waals surface area contributed by atoms with Gasteiger partial charge in [-0.3, -0.25) is 4.98 Å². The van der Waals surface area contributed by atoms with E-state index in [1.54, 1.807) is 0 Å². The Labute approximate surface area is 113 Å². The predicted octanol–water partition coefficient (Wildman–Crippen LogP) is 1.26. The molecule has 0 spiro atoms. The van der Waals surface area contributed by atoms with E-state index < -0.39 is 15.8 Å². The molecule has 0 amide bonds. The van der Waals surface area contributed by atoms with Crippen molar-refractivity contribution >= 4 is 10.0 Å². The van der Waals surface area contributed by atoms with Gasteiger partial charge in [0.25, 0.3) is 0 Å². The van der Waals surface area contributed by atoms with Crippen LogP contribution in [-0.4, -0.2) is 26.5 Å². The van der Waals surface area contributed by atoms with Crippen molar-refractivity contribution in [1.82, 2.24) is 9.71 Å². The fourth-order valence-electron chi connectivity index (χ4n) is 1.73. The van der Waals surface area contributed by atoms with Crippen molar-refractivity contribution in [2.24, 2.45) is 11.1 Å². The number of pyridine rings is 1. The molecule has 0 bridgehead atoms. The lowest BCUT2D eigenvalue weighted by Gasteiger charge is -2.30. The van der Waals surface area contributed by atoms with Crippen molar-refractivity contribution in [2.75, 3.05) is 13.1 Å². The van der Waals surface area contributed by atoms with Crippen molar-refractivity contribution in [3.05, 3.63) is 24.3 Å². The van der Waals surface area contributed by atoms with Gasteiger partial charge in [-0.05, 0) is 30.9 Å². The van der Waals surface area contributed by atoms with Crippen molar-refractivity contribution in [1.29, 1.82) is 0 Å². The number of aromatic nitrogens is 1. The molecular weight excluding hydrogens is 269 g/mol. The number of nitrogens with two attached hydrogens (primary N) is 1. The third kappa shape index (κ3) is 3.95. The molecular formula is C12H20FN3O2S. The molecule has 0 atom stereocenters. The number of hydrogen-bond donors (Lipinski definition) is 2. The van der Waals surface area contributed by atoms with Crippen LogP contribution in [0.1, 0.15) is 26.7 Å². The molecule has 0 fully saturated rings. The van der Waals surface area contributed by atoms with Gasteiger partial charge in [-0.2, -0.15) is 0 Å². The van der Waals surface area contributed by atoms with Gasteiger partial charge in [0.2, 0.25) is 10.0 Å². The second kappa shape index (κ2) is 6.40. The van der Waals surface area contributed by atoms with Crippen LogP contribution in [0.25, 0.3) is 0 Å². The van der Waals surface area contributed by atoms with Crippen LogP contribution < -0.4 is 10.5 Å². The minimum Gasteiger partial charge on any atom is -0.330 e. The fraction of sp³-hybridized carbons (Fsp3) is 0.583. The van der Waals surface area contributed by atoms with E-state index in [1.165, 1.54) is 0 Å². The van der Waals surface area contributed by atoms with Crippen LogP contribution >= 0.6 is 0 Å². The topological polar surface area (TPSA) is 85.1 Å². The SMILES string of the molecule is CCC(CC)(CN)CNS(=O)(=O)c1cncc(F)c1. The van der Waals surface area contributed by atoms with E-state index in [-0.39, 0.29) is 16.9 Å². The lowest BCUT2D eigenvalue weighted by molar-refractivity contribution is 0.275. The van der Waals surface area contributed by atoms with E-state index in [4.69, 9.17) is 5.73 Å². The average molecular weight is 289 g/mol. The van der Waals surface area contributed by atoms with Gasteiger partial charge in [-0.1, -0.05) is 13.8 Å². The van der Waals surface area contributed by atoms with Gasteiger partial charge in [-0.25, -0.2) is 17.5 Å². The molecule has 1 heterocycles. The summed E-state index contributed by atoms with van der Waals surface area (Å²) in [7, 11) is -3.75. The van der Waals surface area contributed by atoms with Gasteiger partial charge < -0.3 is 5.73 Å². The molecule has 0 aliphatic heterocycles. The van der Waals surface area contributed by atoms with Gasteiger partial charge in [0.15, 0.2) is 0 Å². The Morgan fingerprint density at radius 2 is 2.00 bits per heavy atom. The Kier molecular flexibility index (Phi) is 5.39. The van der Waals surface area contributed by atoms with Crippen molar-refractivity contribution in [2.45, 2.75) is 31.6 Å². The number of halogens is 1. The molecule has 0 aromatic carbocycles. The summed E-state index contributed by atoms with van der Waals surface area (Å²) in [6, 6.07) is 0.942. The third-order valence-corrected chi connectivity index (χ3v) is 4.93. The smallest absolute Gasteiger partial charge is 0.242 e. The van der Waals surface area contributed by atoms with Gasteiger partial charge in [0.1, 0.15) is 10.7 Å². The predicted molar refractivity (Wildman–Crippen MR) is 71.5 cm³/mol. The summed E-state index contributed by atoms with van der Waals surface area (Å²) in [5.41, 5.74) is 5.44. The second-order valence-electron chi connectivity index (χ2n) is 4.57. The minimum atomic E-state index is -3.75. The lowest BCUT2D eigenvalue weighted by Crippen LogP contribution is -2.41. The number of nitrogens with zero attached hydrogens (tertiary/aromatic N) is 1. The Hall–Kier alpha value is -1.05. The van der Waals surface area contributed by atoms with Gasteiger partial charge in [0.05, 0.1) is 6.20 Å². The number of hydrogen-bond acceptors (Lipinski definition) is 4. The number of rotatable bonds is 7. The molecule has 0 saturated heterocycles. The van der Waals surface area contributed by atoms with Crippen LogP contribution in [-0.2, 0) is 10.0 Å². The van der Waals surface area contributed by atoms with Gasteiger partial charge in [0, 0.05) is 12.7 Å². The monoisotopic (exact) mass is 289 g/mol. The Balaban J connectivity index is 2.87. The summed E-state index contributed by atoms with van der Waals surface area (Å²) in [4.78, 5) is 3.36. The summed E-state index contributed by atoms with van der Waals surface area (Å²) < 4.78 is 39.5. The van der Waals surface area contributed by atoms with E-state index in [0.717, 1.165) is 31.3 Å². The highest BCUT2D eigenvalue weighted by molar-refractivity contribution is 7.89. The zero-order chi connectivity index (χ0) is 14.5. The largest absolute Gasteiger partial charge is 0.330 e. The van der Waals surface area contributed by atoms with Crippen LogP contribution in [0.4, 0.5) is 4.39 Å². The van der Waals surface area contributed by atoms with Gasteiger partial charge in [-0.15, -0.1) is 0 Å². The molecule has 5 nitrogen and oxygen atoms in total. The zero-order valence-corrected chi connectivity index (χ0v) is 12.0. The summed E-state index contributed by atoms with van der Waals surface area (Å²) in [5, 5.41) is 0. The molecule has 1 rings (SSSR count). The first-order chi connectivity index (χ1) is 8.89. The number of nitrogens with one attached hydrogen (secondary N) is 1. The molecule has 19 heavy (non-hydrogen) atoms. The highest BCUT2D eigenvalue weighted by Crippen LogP contribution is 2.24. The summed E-state index contributed by atoms with van der Waals surface area (Å²) >= 11 is 0. The van der Waals surface area contributed by atoms with Crippen LogP contribution in [0.2, 0.25) is 0 Å². The molecule has 0 aliphatic rings. The van der Waals surface area contributed by atoms with Crippen molar-refractivity contribution < 1.29 is 12.8 Å². The molecule has 0 saturated carbocycles. The van der Waals surface area contributed by atoms with Crippen LogP contribution in [0.5, 0.6) is 0 Å². The van der Waals surface area contributed by atoms with E-state index in [0.29, 0.717) is 6.54 Å². The normalized spacial score (nSPS) is 12.6. The molecule has 0 unspecified atom stereocenters. The van der Waals surface area contributed by atoms with Crippen molar-refractivity contribution in [3.63, 3.8) is 0 Å². The van der Waals surface area contributed by atoms with Crippen LogP contribution in [0.15, 0.2) is 23.4 Å².